The lowest BCUT2D eigenvalue weighted by Gasteiger charge is -2.17. The third-order valence-corrected chi connectivity index (χ3v) is 3.65. The van der Waals surface area contributed by atoms with E-state index in [0.29, 0.717) is 18.1 Å². The molecule has 112 valence electrons. The second-order valence-electron chi connectivity index (χ2n) is 5.45. The summed E-state index contributed by atoms with van der Waals surface area (Å²) in [4.78, 5) is 19.8. The summed E-state index contributed by atoms with van der Waals surface area (Å²) in [7, 11) is 0. The summed E-state index contributed by atoms with van der Waals surface area (Å²) in [6.07, 6.45) is 0.457. The van der Waals surface area contributed by atoms with Crippen LogP contribution in [0.1, 0.15) is 45.9 Å². The minimum absolute atomic E-state index is 0.115. The number of amides is 1. The highest BCUT2D eigenvalue weighted by Crippen LogP contribution is 2.27. The maximum Gasteiger partial charge on any atom is 0.268 e. The van der Waals surface area contributed by atoms with E-state index in [1.807, 2.05) is 26.8 Å². The third kappa shape index (κ3) is 2.69. The smallest absolute Gasteiger partial charge is 0.268 e. The molecule has 2 aromatic heterocycles. The van der Waals surface area contributed by atoms with Gasteiger partial charge in [-0.05, 0) is 38.8 Å². The second kappa shape index (κ2) is 5.33. The molecule has 7 nitrogen and oxygen atoms in total. The molecule has 1 amide bonds. The Hall–Kier alpha value is -2.15. The van der Waals surface area contributed by atoms with Gasteiger partial charge in [0.25, 0.3) is 5.91 Å². The molecule has 0 spiro atoms. The molecule has 1 fully saturated rings. The van der Waals surface area contributed by atoms with Gasteiger partial charge in [0, 0.05) is 12.3 Å². The molecule has 0 saturated carbocycles. The molecule has 0 bridgehead atoms. The summed E-state index contributed by atoms with van der Waals surface area (Å²) in [6, 6.07) is 1.84. The lowest BCUT2D eigenvalue weighted by molar-refractivity contribution is 0.0788. The monoisotopic (exact) mass is 289 g/mol. The number of nitrogens with zero attached hydrogens (tertiary/aromatic N) is 2. The van der Waals surface area contributed by atoms with E-state index in [2.05, 4.69) is 25.5 Å². The van der Waals surface area contributed by atoms with Crippen molar-refractivity contribution in [3.63, 3.8) is 0 Å². The van der Waals surface area contributed by atoms with Crippen molar-refractivity contribution in [3.05, 3.63) is 34.7 Å². The second-order valence-corrected chi connectivity index (χ2v) is 5.45. The minimum Gasteiger partial charge on any atom is -0.368 e. The summed E-state index contributed by atoms with van der Waals surface area (Å²) in [5.74, 6) is 1.21. The molecule has 3 rings (SSSR count). The first kappa shape index (κ1) is 13.8. The molecular formula is C14H19N5O2. The van der Waals surface area contributed by atoms with Crippen LogP contribution in [-0.2, 0) is 4.74 Å². The van der Waals surface area contributed by atoms with Crippen LogP contribution in [0, 0.1) is 20.8 Å². The number of aryl methyl sites for hydroxylation is 3. The Bertz CT molecular complexity index is 660. The van der Waals surface area contributed by atoms with Crippen molar-refractivity contribution in [1.29, 1.82) is 0 Å². The predicted octanol–water partition coefficient (Wildman–Crippen LogP) is 1.32. The van der Waals surface area contributed by atoms with Crippen molar-refractivity contribution in [2.24, 2.45) is 0 Å². The minimum atomic E-state index is -0.296. The van der Waals surface area contributed by atoms with E-state index in [0.717, 1.165) is 23.5 Å². The zero-order valence-corrected chi connectivity index (χ0v) is 12.4. The van der Waals surface area contributed by atoms with Gasteiger partial charge >= 0.3 is 0 Å². The van der Waals surface area contributed by atoms with E-state index >= 15 is 0 Å². The molecule has 0 aliphatic carbocycles. The fourth-order valence-corrected chi connectivity index (χ4v) is 2.68. The van der Waals surface area contributed by atoms with Crippen molar-refractivity contribution in [3.8, 4) is 0 Å². The number of nitrogens with one attached hydrogen (secondary N) is 3. The largest absolute Gasteiger partial charge is 0.368 e. The molecule has 0 aromatic carbocycles. The van der Waals surface area contributed by atoms with Crippen LogP contribution in [0.4, 0.5) is 0 Å². The molecule has 2 atom stereocenters. The van der Waals surface area contributed by atoms with Crippen molar-refractivity contribution < 1.29 is 9.53 Å². The molecule has 2 aromatic rings. The number of H-pyrrole nitrogens is 2. The van der Waals surface area contributed by atoms with Crippen molar-refractivity contribution in [2.45, 2.75) is 39.3 Å². The van der Waals surface area contributed by atoms with Gasteiger partial charge in [0.15, 0.2) is 5.82 Å². The molecule has 0 radical (unpaired) electrons. The summed E-state index contributed by atoms with van der Waals surface area (Å²) >= 11 is 0. The van der Waals surface area contributed by atoms with E-state index < -0.39 is 0 Å². The van der Waals surface area contributed by atoms with Gasteiger partial charge in [-0.2, -0.15) is 5.10 Å². The third-order valence-electron chi connectivity index (χ3n) is 3.65. The number of hydrogen-bond acceptors (Lipinski definition) is 4. The topological polar surface area (TPSA) is 95.7 Å². The van der Waals surface area contributed by atoms with Gasteiger partial charge in [-0.15, -0.1) is 0 Å². The SMILES string of the molecule is Cc1cc(C)c(C(=O)N[C@H]2CCO[C@H]2c2n[nH]c(C)n2)[nH]1. The fourth-order valence-electron chi connectivity index (χ4n) is 2.68. The van der Waals surface area contributed by atoms with Gasteiger partial charge in [-0.3, -0.25) is 9.89 Å². The van der Waals surface area contributed by atoms with E-state index in [1.54, 1.807) is 0 Å². The van der Waals surface area contributed by atoms with Crippen molar-refractivity contribution >= 4 is 5.91 Å². The maximum absolute atomic E-state index is 12.4. The van der Waals surface area contributed by atoms with Crippen LogP contribution in [0.15, 0.2) is 6.07 Å². The van der Waals surface area contributed by atoms with Crippen LogP contribution in [0.25, 0.3) is 0 Å². The molecule has 3 N–H and O–H groups in total. The van der Waals surface area contributed by atoms with Gasteiger partial charge in [0.05, 0.1) is 6.04 Å². The molecule has 0 unspecified atom stereocenters. The Labute approximate surface area is 122 Å². The Kier molecular flexibility index (Phi) is 3.50. The average Bonchev–Trinajstić information content (AvgIpc) is 3.10. The molecule has 7 heteroatoms. The maximum atomic E-state index is 12.4. The number of carbonyl (C=O) groups is 1. The Morgan fingerprint density at radius 3 is 2.86 bits per heavy atom. The van der Waals surface area contributed by atoms with E-state index in [4.69, 9.17) is 4.74 Å². The standard InChI is InChI=1S/C14H19N5O2/c1-7-6-8(2)15-11(7)14(20)17-10-4-5-21-12(10)13-16-9(3)18-19-13/h6,10,12,15H,4-5H2,1-3H3,(H,17,20)(H,16,18,19)/t10-,12+/m0/s1. The van der Waals surface area contributed by atoms with E-state index in [9.17, 15) is 4.79 Å². The van der Waals surface area contributed by atoms with E-state index in [1.165, 1.54) is 0 Å². The number of ether oxygens (including phenoxy) is 1. The molecule has 1 aliphatic heterocycles. The number of rotatable bonds is 3. The van der Waals surface area contributed by atoms with Crippen LogP contribution in [0.3, 0.4) is 0 Å². The highest BCUT2D eigenvalue weighted by atomic mass is 16.5. The quantitative estimate of drug-likeness (QED) is 0.794. The zero-order chi connectivity index (χ0) is 15.0. The number of hydrogen-bond donors (Lipinski definition) is 3. The normalized spacial score (nSPS) is 21.7. The lowest BCUT2D eigenvalue weighted by atomic mass is 10.1. The van der Waals surface area contributed by atoms with Gasteiger partial charge in [-0.25, -0.2) is 4.98 Å². The van der Waals surface area contributed by atoms with Crippen LogP contribution in [0.5, 0.6) is 0 Å². The Morgan fingerprint density at radius 1 is 1.43 bits per heavy atom. The van der Waals surface area contributed by atoms with Gasteiger partial charge < -0.3 is 15.0 Å². The number of aromatic amines is 2. The van der Waals surface area contributed by atoms with Crippen LogP contribution in [0.2, 0.25) is 0 Å². The highest BCUT2D eigenvalue weighted by Gasteiger charge is 2.34. The van der Waals surface area contributed by atoms with Gasteiger partial charge in [-0.1, -0.05) is 0 Å². The molecule has 3 heterocycles. The number of aromatic nitrogens is 4. The molecule has 1 saturated heterocycles. The van der Waals surface area contributed by atoms with Crippen molar-refractivity contribution in [1.82, 2.24) is 25.5 Å². The lowest BCUT2D eigenvalue weighted by Crippen LogP contribution is -2.37. The molecule has 21 heavy (non-hydrogen) atoms. The Balaban J connectivity index is 1.74. The van der Waals surface area contributed by atoms with Gasteiger partial charge in [0.1, 0.15) is 17.6 Å². The van der Waals surface area contributed by atoms with Gasteiger partial charge in [0.2, 0.25) is 0 Å². The van der Waals surface area contributed by atoms with Crippen LogP contribution < -0.4 is 5.32 Å². The average molecular weight is 289 g/mol. The number of carbonyl (C=O) groups excluding carboxylic acids is 1. The van der Waals surface area contributed by atoms with Crippen LogP contribution >= 0.6 is 0 Å². The first-order valence-corrected chi connectivity index (χ1v) is 7.02. The van der Waals surface area contributed by atoms with Crippen molar-refractivity contribution in [2.75, 3.05) is 6.61 Å². The predicted molar refractivity (Wildman–Crippen MR) is 76.0 cm³/mol. The van der Waals surface area contributed by atoms with Crippen LogP contribution in [-0.4, -0.2) is 38.7 Å². The summed E-state index contributed by atoms with van der Waals surface area (Å²) in [5, 5.41) is 9.95. The fraction of sp³-hybridized carbons (Fsp3) is 0.500. The highest BCUT2D eigenvalue weighted by molar-refractivity contribution is 5.94. The molecular weight excluding hydrogens is 270 g/mol. The summed E-state index contributed by atoms with van der Waals surface area (Å²) in [5.41, 5.74) is 2.51. The first-order valence-electron chi connectivity index (χ1n) is 7.02. The zero-order valence-electron chi connectivity index (χ0n) is 12.4. The van der Waals surface area contributed by atoms with E-state index in [-0.39, 0.29) is 18.1 Å². The summed E-state index contributed by atoms with van der Waals surface area (Å²) in [6.45, 7) is 6.28. The molecule has 1 aliphatic rings. The Morgan fingerprint density at radius 2 is 2.24 bits per heavy atom. The first-order chi connectivity index (χ1) is 10.0. The summed E-state index contributed by atoms with van der Waals surface area (Å²) < 4.78 is 5.67.